The number of allylic oxidation sites excluding steroid dienone is 1. The van der Waals surface area contributed by atoms with Gasteiger partial charge in [-0.2, -0.15) is 5.26 Å². The van der Waals surface area contributed by atoms with E-state index in [-0.39, 0.29) is 11.3 Å². The number of nitrogens with zero attached hydrogens (tertiary/aromatic N) is 1. The van der Waals surface area contributed by atoms with Gasteiger partial charge in [-0.1, -0.05) is 18.2 Å². The monoisotopic (exact) mass is 372 g/mol. The Balaban J connectivity index is 2.42. The molecule has 0 saturated heterocycles. The molecular formula is C18H16N2O5S. The van der Waals surface area contributed by atoms with Crippen LogP contribution in [0.3, 0.4) is 0 Å². The molecule has 0 radical (unpaired) electrons. The lowest BCUT2D eigenvalue weighted by molar-refractivity contribution is 0.112. The zero-order valence-electron chi connectivity index (χ0n) is 14.1. The van der Waals surface area contributed by atoms with Crippen LogP contribution in [0.15, 0.2) is 47.4 Å². The Labute approximate surface area is 151 Å². The second kappa shape index (κ2) is 8.18. The highest BCUT2D eigenvalue weighted by Gasteiger charge is 2.19. The van der Waals surface area contributed by atoms with Crippen LogP contribution >= 0.6 is 0 Å². The van der Waals surface area contributed by atoms with Gasteiger partial charge in [-0.05, 0) is 35.9 Å². The van der Waals surface area contributed by atoms with Crippen LogP contribution in [0.4, 0.5) is 5.69 Å². The molecule has 0 heterocycles. The number of para-hydroxylation sites is 1. The average molecular weight is 372 g/mol. The molecule has 0 aliphatic rings. The Morgan fingerprint density at radius 1 is 1.12 bits per heavy atom. The van der Waals surface area contributed by atoms with Gasteiger partial charge in [0.1, 0.15) is 6.07 Å². The van der Waals surface area contributed by atoms with Crippen molar-refractivity contribution in [2.24, 2.45) is 0 Å². The minimum absolute atomic E-state index is 0.0935. The second-order valence-corrected chi connectivity index (χ2v) is 6.70. The van der Waals surface area contributed by atoms with E-state index in [9.17, 15) is 18.5 Å². The quantitative estimate of drug-likeness (QED) is 0.592. The zero-order valence-corrected chi connectivity index (χ0v) is 14.9. The molecule has 134 valence electrons. The number of hydrogen-bond donors (Lipinski definition) is 1. The molecule has 0 fully saturated rings. The summed E-state index contributed by atoms with van der Waals surface area (Å²) in [6.45, 7) is 0. The predicted molar refractivity (Wildman–Crippen MR) is 97.5 cm³/mol. The molecular weight excluding hydrogens is 356 g/mol. The molecule has 0 aliphatic heterocycles. The molecule has 26 heavy (non-hydrogen) atoms. The standard InChI is InChI=1S/C18H16N2O5S/c1-24-17-8-7-13(10-18(17)25-2)9-15(11-19)26(22,23)20-16-6-4-3-5-14(16)12-21/h3-10,12,20H,1-2H3/b15-9+. The average Bonchev–Trinajstić information content (AvgIpc) is 2.65. The van der Waals surface area contributed by atoms with Crippen molar-refractivity contribution in [3.8, 4) is 17.6 Å². The smallest absolute Gasteiger partial charge is 0.272 e. The number of nitrogens with one attached hydrogen (secondary N) is 1. The molecule has 0 spiro atoms. The van der Waals surface area contributed by atoms with Crippen molar-refractivity contribution in [2.45, 2.75) is 0 Å². The fourth-order valence-electron chi connectivity index (χ4n) is 2.16. The van der Waals surface area contributed by atoms with Gasteiger partial charge in [0.15, 0.2) is 22.7 Å². The molecule has 0 aliphatic carbocycles. The molecule has 0 unspecified atom stereocenters. The van der Waals surface area contributed by atoms with Gasteiger partial charge in [-0.15, -0.1) is 0 Å². The Hall–Kier alpha value is -3.31. The predicted octanol–water partition coefficient (Wildman–Crippen LogP) is 2.82. The van der Waals surface area contributed by atoms with Gasteiger partial charge in [-0.25, -0.2) is 8.42 Å². The summed E-state index contributed by atoms with van der Waals surface area (Å²) in [5.74, 6) is 0.874. The molecule has 0 aromatic heterocycles. The molecule has 2 aromatic carbocycles. The third-order valence-electron chi connectivity index (χ3n) is 3.44. The van der Waals surface area contributed by atoms with E-state index in [0.29, 0.717) is 23.3 Å². The SMILES string of the molecule is COc1ccc(/C=C(\C#N)S(=O)(=O)Nc2ccccc2C=O)cc1OC. The molecule has 0 amide bonds. The van der Waals surface area contributed by atoms with Gasteiger partial charge in [0.2, 0.25) is 0 Å². The van der Waals surface area contributed by atoms with Crippen molar-refractivity contribution in [1.29, 1.82) is 5.26 Å². The van der Waals surface area contributed by atoms with Crippen LogP contribution in [-0.2, 0) is 10.0 Å². The van der Waals surface area contributed by atoms with Crippen molar-refractivity contribution >= 4 is 28.1 Å². The largest absolute Gasteiger partial charge is 0.493 e. The molecule has 0 saturated carbocycles. The number of anilines is 1. The Morgan fingerprint density at radius 2 is 1.81 bits per heavy atom. The van der Waals surface area contributed by atoms with Crippen molar-refractivity contribution in [1.82, 2.24) is 0 Å². The van der Waals surface area contributed by atoms with Crippen LogP contribution in [0.25, 0.3) is 6.08 Å². The fourth-order valence-corrected chi connectivity index (χ4v) is 3.15. The van der Waals surface area contributed by atoms with Crippen molar-refractivity contribution in [2.75, 3.05) is 18.9 Å². The number of nitriles is 1. The van der Waals surface area contributed by atoms with E-state index in [2.05, 4.69) is 4.72 Å². The fraction of sp³-hybridized carbons (Fsp3) is 0.111. The minimum Gasteiger partial charge on any atom is -0.493 e. The molecule has 7 nitrogen and oxygen atoms in total. The van der Waals surface area contributed by atoms with Gasteiger partial charge in [0.05, 0.1) is 19.9 Å². The zero-order chi connectivity index (χ0) is 19.2. The third-order valence-corrected chi connectivity index (χ3v) is 4.71. The summed E-state index contributed by atoms with van der Waals surface area (Å²) in [5, 5.41) is 9.29. The topological polar surface area (TPSA) is 105 Å². The number of sulfonamides is 1. The van der Waals surface area contributed by atoms with E-state index in [1.54, 1.807) is 36.4 Å². The second-order valence-electron chi connectivity index (χ2n) is 5.05. The number of benzene rings is 2. The highest BCUT2D eigenvalue weighted by atomic mass is 32.2. The van der Waals surface area contributed by atoms with E-state index in [1.807, 2.05) is 0 Å². The lowest BCUT2D eigenvalue weighted by Gasteiger charge is -2.10. The van der Waals surface area contributed by atoms with Gasteiger partial charge in [-0.3, -0.25) is 9.52 Å². The molecule has 2 rings (SSSR count). The highest BCUT2D eigenvalue weighted by molar-refractivity contribution is 7.97. The van der Waals surface area contributed by atoms with Crippen molar-refractivity contribution < 1.29 is 22.7 Å². The van der Waals surface area contributed by atoms with E-state index >= 15 is 0 Å². The van der Waals surface area contributed by atoms with Gasteiger partial charge >= 0.3 is 0 Å². The molecule has 1 N–H and O–H groups in total. The Bertz CT molecular complexity index is 991. The van der Waals surface area contributed by atoms with Gasteiger partial charge < -0.3 is 9.47 Å². The summed E-state index contributed by atoms with van der Waals surface area (Å²) in [4.78, 5) is 10.5. The first-order valence-corrected chi connectivity index (χ1v) is 8.84. The number of ether oxygens (including phenoxy) is 2. The van der Waals surface area contributed by atoms with Crippen LogP contribution in [0.1, 0.15) is 15.9 Å². The third kappa shape index (κ3) is 4.20. The van der Waals surface area contributed by atoms with Crippen LogP contribution in [0.2, 0.25) is 0 Å². The van der Waals surface area contributed by atoms with Crippen molar-refractivity contribution in [3.05, 3.63) is 58.5 Å². The van der Waals surface area contributed by atoms with E-state index in [1.165, 1.54) is 32.4 Å². The van der Waals surface area contributed by atoms with E-state index < -0.39 is 14.9 Å². The lowest BCUT2D eigenvalue weighted by atomic mass is 10.2. The first-order valence-electron chi connectivity index (χ1n) is 7.36. The first kappa shape index (κ1) is 19.0. The number of hydrogen-bond acceptors (Lipinski definition) is 6. The summed E-state index contributed by atoms with van der Waals surface area (Å²) in [6.07, 6.45) is 1.73. The number of aldehydes is 1. The van der Waals surface area contributed by atoms with Crippen LogP contribution < -0.4 is 14.2 Å². The number of methoxy groups -OCH3 is 2. The first-order chi connectivity index (χ1) is 12.4. The maximum atomic E-state index is 12.5. The minimum atomic E-state index is -4.17. The van der Waals surface area contributed by atoms with Gasteiger partial charge in [0.25, 0.3) is 10.0 Å². The van der Waals surface area contributed by atoms with Crippen molar-refractivity contribution in [3.63, 3.8) is 0 Å². The Kier molecular flexibility index (Phi) is 5.98. The number of carbonyl (C=O) groups excluding carboxylic acids is 1. The summed E-state index contributed by atoms with van der Waals surface area (Å²) >= 11 is 0. The summed E-state index contributed by atoms with van der Waals surface area (Å²) in [7, 11) is -1.24. The maximum Gasteiger partial charge on any atom is 0.272 e. The summed E-state index contributed by atoms with van der Waals surface area (Å²) in [6, 6.07) is 12.5. The normalized spacial score (nSPS) is 11.3. The van der Waals surface area contributed by atoms with E-state index in [4.69, 9.17) is 9.47 Å². The number of rotatable bonds is 7. The van der Waals surface area contributed by atoms with Gasteiger partial charge in [0, 0.05) is 5.56 Å². The molecule has 8 heteroatoms. The van der Waals surface area contributed by atoms with Crippen LogP contribution in [-0.4, -0.2) is 28.9 Å². The number of carbonyl (C=O) groups is 1. The lowest BCUT2D eigenvalue weighted by Crippen LogP contribution is -2.15. The maximum absolute atomic E-state index is 12.5. The van der Waals surface area contributed by atoms with Crippen LogP contribution in [0.5, 0.6) is 11.5 Å². The van der Waals surface area contributed by atoms with Crippen LogP contribution in [0, 0.1) is 11.3 Å². The highest BCUT2D eigenvalue weighted by Crippen LogP contribution is 2.29. The molecule has 2 aromatic rings. The summed E-state index contributed by atoms with van der Waals surface area (Å²) in [5.41, 5.74) is 0.698. The molecule has 0 atom stereocenters. The Morgan fingerprint density at radius 3 is 2.42 bits per heavy atom. The van der Waals surface area contributed by atoms with E-state index in [0.717, 1.165) is 0 Å². The molecule has 0 bridgehead atoms. The summed E-state index contributed by atoms with van der Waals surface area (Å²) < 4.78 is 37.6.